The smallest absolute Gasteiger partial charge is 0.279 e. The van der Waals surface area contributed by atoms with E-state index in [-0.39, 0.29) is 11.5 Å². The molecule has 1 N–H and O–H groups in total. The molecule has 0 fully saturated rings. The van der Waals surface area contributed by atoms with E-state index in [4.69, 9.17) is 9.47 Å². The summed E-state index contributed by atoms with van der Waals surface area (Å²) < 4.78 is 14.4. The number of hydrogen-bond donors (Lipinski definition) is 1. The Morgan fingerprint density at radius 2 is 1.89 bits per heavy atom. The molecular formula is C26H25N5O4. The summed E-state index contributed by atoms with van der Waals surface area (Å²) in [6.07, 6.45) is 2.18. The molecular weight excluding hydrogens is 446 g/mol. The molecule has 0 saturated heterocycles. The SMILES string of the molecule is Cn1c2c(c(=O)n3ncc(C(=O)Nc4ccc5c(c4)OCCO5)c13)CN(Cc1ccccc1)CC2. The lowest BCUT2D eigenvalue weighted by atomic mass is 10.1. The highest BCUT2D eigenvalue weighted by molar-refractivity contribution is 6.08. The van der Waals surface area contributed by atoms with Crippen LogP contribution in [0, 0.1) is 0 Å². The maximum atomic E-state index is 13.4. The van der Waals surface area contributed by atoms with Gasteiger partial charge in [-0.15, -0.1) is 0 Å². The highest BCUT2D eigenvalue weighted by Gasteiger charge is 2.26. The van der Waals surface area contributed by atoms with Gasteiger partial charge in [-0.2, -0.15) is 9.61 Å². The van der Waals surface area contributed by atoms with Gasteiger partial charge >= 0.3 is 0 Å². The number of fused-ring (bicyclic) bond motifs is 3. The number of hydrogen-bond acceptors (Lipinski definition) is 6. The molecule has 178 valence electrons. The Labute approximate surface area is 201 Å². The number of anilines is 1. The zero-order chi connectivity index (χ0) is 23.9. The van der Waals surface area contributed by atoms with Gasteiger partial charge in [0, 0.05) is 50.6 Å². The average Bonchev–Trinajstić information content (AvgIpc) is 3.34. The molecule has 35 heavy (non-hydrogen) atoms. The van der Waals surface area contributed by atoms with E-state index in [0.717, 1.165) is 30.8 Å². The molecule has 4 aromatic rings. The summed E-state index contributed by atoms with van der Waals surface area (Å²) in [7, 11) is 1.89. The monoisotopic (exact) mass is 471 g/mol. The first-order chi connectivity index (χ1) is 17.1. The highest BCUT2D eigenvalue weighted by Crippen LogP contribution is 2.33. The van der Waals surface area contributed by atoms with Crippen LogP contribution in [0.1, 0.15) is 27.2 Å². The first-order valence-electron chi connectivity index (χ1n) is 11.6. The molecule has 0 saturated carbocycles. The van der Waals surface area contributed by atoms with E-state index in [0.29, 0.717) is 48.2 Å². The molecule has 0 atom stereocenters. The van der Waals surface area contributed by atoms with Crippen molar-refractivity contribution >= 4 is 17.2 Å². The van der Waals surface area contributed by atoms with Crippen LogP contribution in [0.2, 0.25) is 0 Å². The minimum atomic E-state index is -0.340. The number of nitrogens with one attached hydrogen (secondary N) is 1. The lowest BCUT2D eigenvalue weighted by molar-refractivity contribution is 0.102. The van der Waals surface area contributed by atoms with Gasteiger partial charge in [0.2, 0.25) is 0 Å². The topological polar surface area (TPSA) is 90.1 Å². The Hall–Kier alpha value is -4.11. The van der Waals surface area contributed by atoms with Crippen LogP contribution in [0.4, 0.5) is 5.69 Å². The van der Waals surface area contributed by atoms with Crippen molar-refractivity contribution in [3.8, 4) is 11.5 Å². The molecule has 0 bridgehead atoms. The first-order valence-corrected chi connectivity index (χ1v) is 11.6. The predicted octanol–water partition coefficient (Wildman–Crippen LogP) is 2.61. The number of ether oxygens (including phenoxy) is 2. The maximum absolute atomic E-state index is 13.4. The molecule has 0 spiro atoms. The van der Waals surface area contributed by atoms with Crippen LogP contribution in [0.5, 0.6) is 11.5 Å². The zero-order valence-corrected chi connectivity index (χ0v) is 19.4. The molecule has 2 aliphatic rings. The largest absolute Gasteiger partial charge is 0.486 e. The minimum Gasteiger partial charge on any atom is -0.486 e. The normalized spacial score (nSPS) is 15.1. The van der Waals surface area contributed by atoms with Gasteiger partial charge in [-0.05, 0) is 17.7 Å². The third-order valence-electron chi connectivity index (χ3n) is 6.61. The fourth-order valence-electron chi connectivity index (χ4n) is 4.90. The summed E-state index contributed by atoms with van der Waals surface area (Å²) in [6.45, 7) is 3.13. The average molecular weight is 472 g/mol. The van der Waals surface area contributed by atoms with E-state index in [1.165, 1.54) is 16.3 Å². The lowest BCUT2D eigenvalue weighted by Gasteiger charge is -2.29. The van der Waals surface area contributed by atoms with Gasteiger partial charge in [-0.3, -0.25) is 14.5 Å². The van der Waals surface area contributed by atoms with Crippen molar-refractivity contribution in [2.24, 2.45) is 7.05 Å². The van der Waals surface area contributed by atoms with E-state index < -0.39 is 0 Å². The quantitative estimate of drug-likeness (QED) is 0.492. The van der Waals surface area contributed by atoms with Crippen molar-refractivity contribution in [3.05, 3.63) is 87.5 Å². The van der Waals surface area contributed by atoms with E-state index >= 15 is 0 Å². The lowest BCUT2D eigenvalue weighted by Crippen LogP contribution is -2.38. The minimum absolute atomic E-state index is 0.177. The van der Waals surface area contributed by atoms with E-state index in [9.17, 15) is 9.59 Å². The summed E-state index contributed by atoms with van der Waals surface area (Å²) in [5.41, 5.74) is 4.12. The Morgan fingerprint density at radius 1 is 1.09 bits per heavy atom. The molecule has 0 aliphatic carbocycles. The second kappa shape index (κ2) is 8.59. The van der Waals surface area contributed by atoms with Crippen molar-refractivity contribution in [3.63, 3.8) is 0 Å². The standard InChI is InChI=1S/C26H25N5O4/c1-29-21-9-10-30(15-17-5-3-2-4-6-17)16-20(21)26(33)31-25(29)19(14-27-31)24(32)28-18-7-8-22-23(13-18)35-12-11-34-22/h2-8,13-14H,9-12,15-16H2,1H3,(H,28,32). The molecule has 9 nitrogen and oxygen atoms in total. The fourth-order valence-corrected chi connectivity index (χ4v) is 4.90. The van der Waals surface area contributed by atoms with Crippen molar-refractivity contribution in [1.29, 1.82) is 0 Å². The number of rotatable bonds is 4. The Balaban J connectivity index is 1.30. The summed E-state index contributed by atoms with van der Waals surface area (Å²) in [6, 6.07) is 15.5. The van der Waals surface area contributed by atoms with Crippen LogP contribution in [0.3, 0.4) is 0 Å². The number of aromatic nitrogens is 3. The summed E-state index contributed by atoms with van der Waals surface area (Å²) >= 11 is 0. The zero-order valence-electron chi connectivity index (χ0n) is 19.4. The molecule has 4 heterocycles. The van der Waals surface area contributed by atoms with Gasteiger partial charge in [0.15, 0.2) is 17.1 Å². The molecule has 0 radical (unpaired) electrons. The van der Waals surface area contributed by atoms with Gasteiger partial charge < -0.3 is 19.4 Å². The highest BCUT2D eigenvalue weighted by atomic mass is 16.6. The van der Waals surface area contributed by atoms with Crippen LogP contribution in [-0.4, -0.2) is 44.7 Å². The number of nitrogens with zero attached hydrogens (tertiary/aromatic N) is 4. The Bertz CT molecular complexity index is 1490. The first kappa shape index (κ1) is 21.4. The van der Waals surface area contributed by atoms with E-state index in [2.05, 4.69) is 27.4 Å². The molecule has 9 heteroatoms. The maximum Gasteiger partial charge on any atom is 0.279 e. The van der Waals surface area contributed by atoms with E-state index in [1.54, 1.807) is 18.2 Å². The number of benzene rings is 2. The van der Waals surface area contributed by atoms with Crippen molar-refractivity contribution in [2.75, 3.05) is 25.1 Å². The molecule has 6 rings (SSSR count). The molecule has 1 amide bonds. The van der Waals surface area contributed by atoms with Gasteiger partial charge in [0.1, 0.15) is 18.8 Å². The second-order valence-electron chi connectivity index (χ2n) is 8.84. The Morgan fingerprint density at radius 3 is 2.71 bits per heavy atom. The van der Waals surface area contributed by atoms with Gasteiger partial charge in [-0.25, -0.2) is 0 Å². The predicted molar refractivity (Wildman–Crippen MR) is 130 cm³/mol. The van der Waals surface area contributed by atoms with Crippen LogP contribution in [-0.2, 0) is 26.6 Å². The van der Waals surface area contributed by atoms with Crippen molar-refractivity contribution in [1.82, 2.24) is 19.1 Å². The van der Waals surface area contributed by atoms with Gasteiger partial charge in [-0.1, -0.05) is 30.3 Å². The molecule has 2 aromatic heterocycles. The molecule has 2 aliphatic heterocycles. The number of aryl methyl sites for hydroxylation is 1. The fraction of sp³-hybridized carbons (Fsp3) is 0.269. The third kappa shape index (κ3) is 3.83. The molecule has 0 unspecified atom stereocenters. The summed E-state index contributed by atoms with van der Waals surface area (Å²) in [5.74, 6) is 0.907. The van der Waals surface area contributed by atoms with Crippen LogP contribution in [0.15, 0.2) is 59.5 Å². The number of carbonyl (C=O) groups excluding carboxylic acids is 1. The van der Waals surface area contributed by atoms with Crippen molar-refractivity contribution < 1.29 is 14.3 Å². The summed E-state index contributed by atoms with van der Waals surface area (Å²) in [4.78, 5) is 28.8. The van der Waals surface area contributed by atoms with Crippen LogP contribution < -0.4 is 20.3 Å². The van der Waals surface area contributed by atoms with Crippen LogP contribution in [0.25, 0.3) is 5.65 Å². The Kier molecular flexibility index (Phi) is 5.26. The summed E-state index contributed by atoms with van der Waals surface area (Å²) in [5, 5.41) is 7.18. The van der Waals surface area contributed by atoms with Gasteiger partial charge in [0.25, 0.3) is 11.5 Å². The van der Waals surface area contributed by atoms with E-state index in [1.807, 2.05) is 29.8 Å². The van der Waals surface area contributed by atoms with Crippen LogP contribution >= 0.6 is 0 Å². The second-order valence-corrected chi connectivity index (χ2v) is 8.84. The number of amides is 1. The third-order valence-corrected chi connectivity index (χ3v) is 6.61. The number of carbonyl (C=O) groups is 1. The van der Waals surface area contributed by atoms with Gasteiger partial charge in [0.05, 0.1) is 11.8 Å². The van der Waals surface area contributed by atoms with Crippen molar-refractivity contribution in [2.45, 2.75) is 19.5 Å². The molecule has 2 aromatic carbocycles.